The summed E-state index contributed by atoms with van der Waals surface area (Å²) >= 11 is 12.7. The van der Waals surface area contributed by atoms with E-state index in [2.05, 4.69) is 25.9 Å². The summed E-state index contributed by atoms with van der Waals surface area (Å²) in [6.45, 7) is 4.05. The number of rotatable bonds is 6. The van der Waals surface area contributed by atoms with Gasteiger partial charge in [-0.25, -0.2) is 4.98 Å². The van der Waals surface area contributed by atoms with E-state index in [0.29, 0.717) is 50.3 Å². The molecule has 1 aliphatic rings. The van der Waals surface area contributed by atoms with Gasteiger partial charge in [-0.3, -0.25) is 9.59 Å². The number of para-hydroxylation sites is 1. The number of carbonyl (C=O) groups excluding carboxylic acids is 1. The van der Waals surface area contributed by atoms with Crippen LogP contribution in [0.4, 0.5) is 11.6 Å². The lowest BCUT2D eigenvalue weighted by Crippen LogP contribution is -2.40. The number of aromatic nitrogens is 3. The van der Waals surface area contributed by atoms with Crippen molar-refractivity contribution in [3.8, 4) is 0 Å². The van der Waals surface area contributed by atoms with Gasteiger partial charge >= 0.3 is 0 Å². The Labute approximate surface area is 224 Å². The normalized spacial score (nSPS) is 16.1. The second kappa shape index (κ2) is 10.6. The second-order valence-electron chi connectivity index (χ2n) is 9.26. The van der Waals surface area contributed by atoms with Gasteiger partial charge in [-0.05, 0) is 61.5 Å². The average molecular weight is 539 g/mol. The highest BCUT2D eigenvalue weighted by Crippen LogP contribution is 2.34. The van der Waals surface area contributed by atoms with Crippen LogP contribution in [0.5, 0.6) is 0 Å². The van der Waals surface area contributed by atoms with Gasteiger partial charge in [0.15, 0.2) is 0 Å². The van der Waals surface area contributed by atoms with Crippen LogP contribution < -0.4 is 21.5 Å². The van der Waals surface area contributed by atoms with Crippen molar-refractivity contribution in [2.45, 2.75) is 19.8 Å². The van der Waals surface area contributed by atoms with E-state index < -0.39 is 0 Å². The number of benzene rings is 2. The molecule has 0 aliphatic carbocycles. The number of pyridine rings is 1. The van der Waals surface area contributed by atoms with Crippen LogP contribution in [0, 0.1) is 12.8 Å². The van der Waals surface area contributed by atoms with Crippen LogP contribution in [-0.2, 0) is 11.8 Å². The van der Waals surface area contributed by atoms with Crippen molar-refractivity contribution in [3.63, 3.8) is 0 Å². The molecule has 0 bridgehead atoms. The highest BCUT2D eigenvalue weighted by Gasteiger charge is 2.20. The molecule has 4 N–H and O–H groups in total. The van der Waals surface area contributed by atoms with Crippen molar-refractivity contribution in [2.75, 3.05) is 25.0 Å². The number of aryl methyl sites for hydroxylation is 2. The minimum absolute atomic E-state index is 0.0130. The molecular formula is C27H28Cl2N6O2. The van der Waals surface area contributed by atoms with Crippen molar-refractivity contribution in [3.05, 3.63) is 68.1 Å². The molecule has 10 heteroatoms. The number of aromatic amines is 1. The average Bonchev–Trinajstić information content (AvgIpc) is 3.22. The minimum Gasteiger partial charge on any atom is -0.352 e. The highest BCUT2D eigenvalue weighted by molar-refractivity contribution is 6.39. The third-order valence-electron chi connectivity index (χ3n) is 6.87. The number of fused-ring (bicyclic) bond motifs is 3. The molecule has 0 radical (unpaired) electrons. The zero-order valence-corrected chi connectivity index (χ0v) is 22.1. The van der Waals surface area contributed by atoms with E-state index in [0.717, 1.165) is 36.9 Å². The Balaban J connectivity index is 1.43. The van der Waals surface area contributed by atoms with Gasteiger partial charge in [-0.2, -0.15) is 0 Å². The number of halogens is 2. The number of H-pyrrole nitrogens is 1. The smallest absolute Gasteiger partial charge is 0.258 e. The van der Waals surface area contributed by atoms with Crippen LogP contribution in [0.15, 0.2) is 41.2 Å². The lowest BCUT2D eigenvalue weighted by molar-refractivity contribution is -0.125. The molecule has 3 heterocycles. The number of imidazole rings is 1. The van der Waals surface area contributed by atoms with E-state index in [1.54, 1.807) is 18.2 Å². The van der Waals surface area contributed by atoms with Crippen LogP contribution >= 0.6 is 23.2 Å². The monoisotopic (exact) mass is 538 g/mol. The van der Waals surface area contributed by atoms with Crippen molar-refractivity contribution < 1.29 is 4.79 Å². The molecule has 0 spiro atoms. The fourth-order valence-corrected chi connectivity index (χ4v) is 5.33. The molecule has 1 aliphatic heterocycles. The van der Waals surface area contributed by atoms with E-state index in [-0.39, 0.29) is 17.4 Å². The summed E-state index contributed by atoms with van der Waals surface area (Å²) in [5, 5.41) is 11.8. The van der Waals surface area contributed by atoms with Gasteiger partial charge in [-0.15, -0.1) is 0 Å². The largest absolute Gasteiger partial charge is 0.352 e. The molecule has 1 amide bonds. The summed E-state index contributed by atoms with van der Waals surface area (Å²) in [6.07, 6.45) is 5.62. The summed E-state index contributed by atoms with van der Waals surface area (Å²) in [4.78, 5) is 33.3. The number of hydrogen-bond donors (Lipinski definition) is 4. The number of nitrogens with zero attached hydrogens (tertiary/aromatic N) is 2. The first kappa shape index (κ1) is 25.3. The Bertz CT molecular complexity index is 1560. The first-order chi connectivity index (χ1) is 17.8. The number of anilines is 2. The summed E-state index contributed by atoms with van der Waals surface area (Å²) in [6, 6.07) is 9.08. The number of amides is 1. The summed E-state index contributed by atoms with van der Waals surface area (Å²) in [7, 11) is 1.84. The van der Waals surface area contributed by atoms with Gasteiger partial charge in [0.2, 0.25) is 11.9 Å². The van der Waals surface area contributed by atoms with Crippen molar-refractivity contribution in [1.29, 1.82) is 0 Å². The van der Waals surface area contributed by atoms with Gasteiger partial charge in [0.1, 0.15) is 0 Å². The van der Waals surface area contributed by atoms with E-state index >= 15 is 0 Å². The first-order valence-electron chi connectivity index (χ1n) is 12.2. The number of nitrogens with one attached hydrogen (secondary N) is 4. The Hall–Kier alpha value is -3.33. The van der Waals surface area contributed by atoms with Crippen LogP contribution in [-0.4, -0.2) is 40.1 Å². The summed E-state index contributed by atoms with van der Waals surface area (Å²) in [5.74, 6) is 0.586. The Morgan fingerprint density at radius 2 is 2.03 bits per heavy atom. The maximum absolute atomic E-state index is 13.3. The third kappa shape index (κ3) is 4.97. The Morgan fingerprint density at radius 3 is 2.76 bits per heavy atom. The van der Waals surface area contributed by atoms with E-state index in [9.17, 15) is 9.59 Å². The second-order valence-corrected chi connectivity index (χ2v) is 10.1. The molecule has 5 rings (SSSR count). The van der Waals surface area contributed by atoms with Gasteiger partial charge in [0, 0.05) is 25.8 Å². The lowest BCUT2D eigenvalue weighted by atomic mass is 9.99. The highest BCUT2D eigenvalue weighted by atomic mass is 35.5. The van der Waals surface area contributed by atoms with E-state index in [1.807, 2.05) is 42.8 Å². The topological polar surface area (TPSA) is 104 Å². The molecule has 4 aromatic rings. The van der Waals surface area contributed by atoms with E-state index in [1.165, 1.54) is 0 Å². The van der Waals surface area contributed by atoms with Crippen molar-refractivity contribution in [1.82, 2.24) is 25.2 Å². The summed E-state index contributed by atoms with van der Waals surface area (Å²) in [5.41, 5.74) is 3.35. The quantitative estimate of drug-likeness (QED) is 0.279. The number of hydrogen-bond acceptors (Lipinski definition) is 5. The predicted molar refractivity (Wildman–Crippen MR) is 151 cm³/mol. The van der Waals surface area contributed by atoms with Crippen LogP contribution in [0.1, 0.15) is 24.1 Å². The van der Waals surface area contributed by atoms with Gasteiger partial charge in [0.05, 0.1) is 38.1 Å². The lowest BCUT2D eigenvalue weighted by Gasteiger charge is -2.21. The molecule has 1 unspecified atom stereocenters. The molecular weight excluding hydrogens is 511 g/mol. The van der Waals surface area contributed by atoms with E-state index in [4.69, 9.17) is 23.2 Å². The zero-order valence-electron chi connectivity index (χ0n) is 20.6. The predicted octanol–water partition coefficient (Wildman–Crippen LogP) is 4.90. The fraction of sp³-hybridized carbons (Fsp3) is 0.296. The molecule has 8 nitrogen and oxygen atoms in total. The minimum atomic E-state index is -0.214. The molecule has 1 fully saturated rings. The molecule has 37 heavy (non-hydrogen) atoms. The number of piperidine rings is 1. The van der Waals surface area contributed by atoms with Gasteiger partial charge in [0.25, 0.3) is 5.56 Å². The van der Waals surface area contributed by atoms with Crippen molar-refractivity contribution in [2.24, 2.45) is 13.0 Å². The maximum atomic E-state index is 13.3. The zero-order chi connectivity index (χ0) is 26.1. The van der Waals surface area contributed by atoms with Crippen LogP contribution in [0.3, 0.4) is 0 Å². The summed E-state index contributed by atoms with van der Waals surface area (Å²) < 4.78 is 1.83. The van der Waals surface area contributed by atoms with Crippen LogP contribution in [0.2, 0.25) is 10.0 Å². The van der Waals surface area contributed by atoms with Crippen LogP contribution in [0.25, 0.3) is 27.9 Å². The fourth-order valence-electron chi connectivity index (χ4n) is 4.83. The SMILES string of the molecule is Cc1c(/C=C/CNC(=O)C2CCCNC2)[nH]c(=O)c2c1ccc1nc(Nc3c(Cl)cccc3Cl)n(C)c12. The molecule has 1 atom stereocenters. The Kier molecular flexibility index (Phi) is 7.24. The maximum Gasteiger partial charge on any atom is 0.258 e. The Morgan fingerprint density at radius 1 is 1.24 bits per heavy atom. The molecule has 0 saturated carbocycles. The molecule has 2 aromatic heterocycles. The molecule has 192 valence electrons. The third-order valence-corrected chi connectivity index (χ3v) is 7.50. The van der Waals surface area contributed by atoms with Gasteiger partial charge < -0.3 is 25.5 Å². The first-order valence-corrected chi connectivity index (χ1v) is 13.0. The standard InChI is InChI=1S/C27H28Cl2N6O2/c1-15-17-10-11-21-24(35(2)27(33-21)34-23-18(28)7-3-8-19(23)29)22(17)26(37)32-20(15)9-5-13-31-25(36)16-6-4-12-30-14-16/h3,5,7-11,16,30H,4,6,12-14H2,1-2H3,(H,31,36)(H,32,37)(H,33,34)/b9-5+. The number of carbonyl (C=O) groups is 1. The van der Waals surface area contributed by atoms with Gasteiger partial charge in [-0.1, -0.05) is 41.4 Å². The molecule has 1 saturated heterocycles. The molecule has 2 aromatic carbocycles. The van der Waals surface area contributed by atoms with Crippen molar-refractivity contribution >= 4 is 68.6 Å².